The van der Waals surface area contributed by atoms with Crippen LogP contribution in [0.5, 0.6) is 0 Å². The van der Waals surface area contributed by atoms with Crippen molar-refractivity contribution in [2.24, 2.45) is 0 Å². The Hall–Kier alpha value is -2.37. The first-order valence-corrected chi connectivity index (χ1v) is 5.78. The number of nitrogens with zero attached hydrogens (tertiary/aromatic N) is 2. The molecule has 0 aliphatic rings. The number of hydrogen-bond acceptors (Lipinski definition) is 4. The van der Waals surface area contributed by atoms with Gasteiger partial charge in [0.2, 0.25) is 0 Å². The van der Waals surface area contributed by atoms with Crippen LogP contribution in [0.25, 0.3) is 0 Å². The fourth-order valence-electron chi connectivity index (χ4n) is 1.59. The number of carboxylic acids is 1. The maximum absolute atomic E-state index is 10.6. The highest BCUT2D eigenvalue weighted by Crippen LogP contribution is 2.18. The topological polar surface area (TPSA) is 83.7 Å². The van der Waals surface area contributed by atoms with Crippen LogP contribution in [-0.4, -0.2) is 29.6 Å². The summed E-state index contributed by atoms with van der Waals surface area (Å²) in [5.41, 5.74) is 1.10. The van der Waals surface area contributed by atoms with Crippen LogP contribution in [0.3, 0.4) is 0 Å². The number of hydrogen-bond donors (Lipinski definition) is 1. The molecule has 102 valence electrons. The number of rotatable bonds is 7. The Morgan fingerprint density at radius 2 is 2.00 bits per heavy atom. The summed E-state index contributed by atoms with van der Waals surface area (Å²) < 4.78 is 0. The van der Waals surface area contributed by atoms with Gasteiger partial charge in [0.15, 0.2) is 0 Å². The van der Waals surface area contributed by atoms with E-state index in [1.54, 1.807) is 12.1 Å². The first kappa shape index (κ1) is 14.7. The maximum atomic E-state index is 10.6. The van der Waals surface area contributed by atoms with Crippen LogP contribution in [-0.2, 0) is 4.79 Å². The molecule has 0 radical (unpaired) electrons. The lowest BCUT2D eigenvalue weighted by atomic mass is 10.1. The van der Waals surface area contributed by atoms with Crippen molar-refractivity contribution in [2.75, 3.05) is 18.5 Å². The maximum Gasteiger partial charge on any atom is 0.330 e. The minimum absolute atomic E-state index is 0.0522. The second kappa shape index (κ2) is 6.53. The number of benzene rings is 1. The quantitative estimate of drug-likeness (QED) is 0.464. The van der Waals surface area contributed by atoms with E-state index in [1.807, 2.05) is 11.9 Å². The summed E-state index contributed by atoms with van der Waals surface area (Å²) in [6.07, 6.45) is 1.09. The highest BCUT2D eigenvalue weighted by atomic mass is 16.6. The van der Waals surface area contributed by atoms with Gasteiger partial charge in [-0.2, -0.15) is 0 Å². The molecule has 0 aliphatic heterocycles. The fraction of sp³-hybridized carbons (Fsp3) is 0.308. The normalized spacial score (nSPS) is 9.95. The summed E-state index contributed by atoms with van der Waals surface area (Å²) in [6.45, 7) is 4.12. The first-order chi connectivity index (χ1) is 8.91. The molecule has 0 atom stereocenters. The van der Waals surface area contributed by atoms with Crippen molar-refractivity contribution in [3.05, 3.63) is 46.5 Å². The van der Waals surface area contributed by atoms with Crippen molar-refractivity contribution >= 4 is 17.3 Å². The number of non-ortho nitro benzene ring substituents is 1. The zero-order valence-corrected chi connectivity index (χ0v) is 10.7. The summed E-state index contributed by atoms with van der Waals surface area (Å²) >= 11 is 0. The fourth-order valence-corrected chi connectivity index (χ4v) is 1.59. The molecule has 19 heavy (non-hydrogen) atoms. The zero-order valence-electron chi connectivity index (χ0n) is 10.7. The largest absolute Gasteiger partial charge is 0.478 e. The predicted molar refractivity (Wildman–Crippen MR) is 72.4 cm³/mol. The van der Waals surface area contributed by atoms with Crippen molar-refractivity contribution < 1.29 is 14.8 Å². The standard InChI is InChI=1S/C13H16N2O4/c1-10(13(16)17)4-3-9-14(2)11-5-7-12(8-6-11)15(18)19/h5-8H,1,3-4,9H2,2H3,(H,16,17). The molecule has 1 aromatic rings. The Bertz CT molecular complexity index is 482. The van der Waals surface area contributed by atoms with Crippen LogP contribution < -0.4 is 4.90 Å². The van der Waals surface area contributed by atoms with Crippen LogP contribution in [0.15, 0.2) is 36.4 Å². The summed E-state index contributed by atoms with van der Waals surface area (Å²) in [5, 5.41) is 19.2. The molecule has 0 bridgehead atoms. The van der Waals surface area contributed by atoms with Crippen LogP contribution in [0, 0.1) is 10.1 Å². The molecule has 1 aromatic carbocycles. The van der Waals surface area contributed by atoms with Gasteiger partial charge in [-0.25, -0.2) is 4.79 Å². The predicted octanol–water partition coefficient (Wildman–Crippen LogP) is 2.45. The number of nitro groups is 1. The average molecular weight is 264 g/mol. The van der Waals surface area contributed by atoms with E-state index >= 15 is 0 Å². The molecule has 0 unspecified atom stereocenters. The molecule has 6 heteroatoms. The van der Waals surface area contributed by atoms with Gasteiger partial charge in [0.25, 0.3) is 5.69 Å². The molecule has 0 fully saturated rings. The number of carbonyl (C=O) groups is 1. The molecule has 1 rings (SSSR count). The van der Waals surface area contributed by atoms with E-state index in [0.29, 0.717) is 19.4 Å². The van der Waals surface area contributed by atoms with Gasteiger partial charge in [-0.3, -0.25) is 10.1 Å². The number of aliphatic carboxylic acids is 1. The monoisotopic (exact) mass is 264 g/mol. The molecule has 0 heterocycles. The molecule has 0 spiro atoms. The lowest BCUT2D eigenvalue weighted by Gasteiger charge is -2.18. The molecule has 0 aromatic heterocycles. The van der Waals surface area contributed by atoms with Gasteiger partial charge < -0.3 is 10.0 Å². The molecule has 6 nitrogen and oxygen atoms in total. The van der Waals surface area contributed by atoms with Gasteiger partial charge >= 0.3 is 5.97 Å². The number of anilines is 1. The lowest BCUT2D eigenvalue weighted by molar-refractivity contribution is -0.384. The molecule has 0 saturated heterocycles. The van der Waals surface area contributed by atoms with E-state index in [0.717, 1.165) is 5.69 Å². The van der Waals surface area contributed by atoms with E-state index in [2.05, 4.69) is 6.58 Å². The van der Waals surface area contributed by atoms with Crippen LogP contribution in [0.1, 0.15) is 12.8 Å². The van der Waals surface area contributed by atoms with Crippen molar-refractivity contribution in [3.8, 4) is 0 Å². The van der Waals surface area contributed by atoms with Crippen LogP contribution >= 0.6 is 0 Å². The van der Waals surface area contributed by atoms with Crippen molar-refractivity contribution in [1.82, 2.24) is 0 Å². The SMILES string of the molecule is C=C(CCCN(C)c1ccc([N+](=O)[O-])cc1)C(=O)O. The van der Waals surface area contributed by atoms with E-state index < -0.39 is 10.9 Å². The average Bonchev–Trinajstić information content (AvgIpc) is 2.38. The number of carboxylic acid groups (broad SMARTS) is 1. The third-order valence-electron chi connectivity index (χ3n) is 2.78. The van der Waals surface area contributed by atoms with Crippen LogP contribution in [0.2, 0.25) is 0 Å². The molecule has 0 amide bonds. The summed E-state index contributed by atoms with van der Waals surface area (Å²) in [6, 6.07) is 6.23. The van der Waals surface area contributed by atoms with E-state index in [-0.39, 0.29) is 11.3 Å². The van der Waals surface area contributed by atoms with Gasteiger partial charge in [-0.15, -0.1) is 0 Å². The van der Waals surface area contributed by atoms with Gasteiger partial charge in [0.1, 0.15) is 0 Å². The van der Waals surface area contributed by atoms with Crippen LogP contribution in [0.4, 0.5) is 11.4 Å². The number of nitro benzene ring substituents is 1. The smallest absolute Gasteiger partial charge is 0.330 e. The van der Waals surface area contributed by atoms with Gasteiger partial charge in [0, 0.05) is 37.0 Å². The molecule has 1 N–H and O–H groups in total. The lowest BCUT2D eigenvalue weighted by Crippen LogP contribution is -2.18. The Labute approximate surface area is 111 Å². The Morgan fingerprint density at radius 3 is 2.47 bits per heavy atom. The van der Waals surface area contributed by atoms with Crippen molar-refractivity contribution in [2.45, 2.75) is 12.8 Å². The second-order valence-electron chi connectivity index (χ2n) is 4.21. The summed E-state index contributed by atoms with van der Waals surface area (Å²) in [4.78, 5) is 22.6. The summed E-state index contributed by atoms with van der Waals surface area (Å²) in [5.74, 6) is -0.974. The summed E-state index contributed by atoms with van der Waals surface area (Å²) in [7, 11) is 1.85. The zero-order chi connectivity index (χ0) is 14.4. The van der Waals surface area contributed by atoms with E-state index in [1.165, 1.54) is 12.1 Å². The third-order valence-corrected chi connectivity index (χ3v) is 2.78. The van der Waals surface area contributed by atoms with Gasteiger partial charge in [-0.05, 0) is 25.0 Å². The Kier molecular flexibility index (Phi) is 5.05. The molecular weight excluding hydrogens is 248 g/mol. The first-order valence-electron chi connectivity index (χ1n) is 5.78. The molecular formula is C13H16N2O4. The van der Waals surface area contributed by atoms with Gasteiger partial charge in [0.05, 0.1) is 4.92 Å². The van der Waals surface area contributed by atoms with Crippen molar-refractivity contribution in [3.63, 3.8) is 0 Å². The molecule has 0 saturated carbocycles. The minimum atomic E-state index is -0.974. The Morgan fingerprint density at radius 1 is 1.42 bits per heavy atom. The second-order valence-corrected chi connectivity index (χ2v) is 4.21. The van der Waals surface area contributed by atoms with Crippen molar-refractivity contribution in [1.29, 1.82) is 0 Å². The van der Waals surface area contributed by atoms with E-state index in [9.17, 15) is 14.9 Å². The third kappa shape index (κ3) is 4.42. The van der Waals surface area contributed by atoms with E-state index in [4.69, 9.17) is 5.11 Å². The molecule has 0 aliphatic carbocycles. The Balaban J connectivity index is 2.49. The minimum Gasteiger partial charge on any atom is -0.478 e. The highest BCUT2D eigenvalue weighted by Gasteiger charge is 2.08. The highest BCUT2D eigenvalue weighted by molar-refractivity contribution is 5.85. The van der Waals surface area contributed by atoms with Gasteiger partial charge in [-0.1, -0.05) is 6.58 Å².